The lowest BCUT2D eigenvalue weighted by atomic mass is 10.0. The minimum atomic E-state index is -0.675. The zero-order valence-corrected chi connectivity index (χ0v) is 20.8. The summed E-state index contributed by atoms with van der Waals surface area (Å²) in [5, 5.41) is 3.22. The maximum Gasteiger partial charge on any atom is 0.261 e. The van der Waals surface area contributed by atoms with Gasteiger partial charge in [-0.15, -0.1) is 0 Å². The summed E-state index contributed by atoms with van der Waals surface area (Å²) in [5.41, 5.74) is 1.88. The van der Waals surface area contributed by atoms with Crippen LogP contribution in [0.4, 0.5) is 0 Å². The summed E-state index contributed by atoms with van der Waals surface area (Å²) >= 11 is 0. The molecule has 1 saturated carbocycles. The molecule has 3 aromatic carbocycles. The molecule has 3 aromatic rings. The van der Waals surface area contributed by atoms with Gasteiger partial charge < -0.3 is 19.7 Å². The molecule has 1 atom stereocenters. The summed E-state index contributed by atoms with van der Waals surface area (Å²) in [7, 11) is 1.61. The molecule has 0 spiro atoms. The van der Waals surface area contributed by atoms with Gasteiger partial charge in [-0.3, -0.25) is 9.59 Å². The number of rotatable bonds is 11. The molecule has 2 amide bonds. The van der Waals surface area contributed by atoms with E-state index in [-0.39, 0.29) is 31.0 Å². The number of methoxy groups -OCH3 is 1. The smallest absolute Gasteiger partial charge is 0.261 e. The van der Waals surface area contributed by atoms with Crippen molar-refractivity contribution in [2.45, 2.75) is 50.7 Å². The van der Waals surface area contributed by atoms with Gasteiger partial charge in [-0.1, -0.05) is 73.5 Å². The van der Waals surface area contributed by atoms with Gasteiger partial charge in [0.15, 0.2) is 6.61 Å². The molecule has 0 aromatic heterocycles. The first-order valence-corrected chi connectivity index (χ1v) is 12.6. The van der Waals surface area contributed by atoms with Crippen LogP contribution >= 0.6 is 0 Å². The largest absolute Gasteiger partial charge is 0.497 e. The van der Waals surface area contributed by atoms with E-state index in [0.717, 1.165) is 36.8 Å². The molecule has 36 heavy (non-hydrogen) atoms. The Morgan fingerprint density at radius 1 is 0.889 bits per heavy atom. The Morgan fingerprint density at radius 2 is 1.53 bits per heavy atom. The fourth-order valence-electron chi connectivity index (χ4n) is 4.63. The van der Waals surface area contributed by atoms with Crippen molar-refractivity contribution in [3.05, 3.63) is 96.1 Å². The number of benzene rings is 3. The topological polar surface area (TPSA) is 67.9 Å². The quantitative estimate of drug-likeness (QED) is 0.424. The maximum absolute atomic E-state index is 13.7. The van der Waals surface area contributed by atoms with Gasteiger partial charge in [0, 0.05) is 19.0 Å². The molecule has 0 aliphatic heterocycles. The first-order chi connectivity index (χ1) is 17.6. The van der Waals surface area contributed by atoms with Crippen molar-refractivity contribution in [3.8, 4) is 11.5 Å². The molecule has 6 heteroatoms. The van der Waals surface area contributed by atoms with Gasteiger partial charge in [-0.25, -0.2) is 0 Å². The summed E-state index contributed by atoms with van der Waals surface area (Å²) in [6, 6.07) is 26.2. The Morgan fingerprint density at radius 3 is 2.22 bits per heavy atom. The molecule has 1 fully saturated rings. The maximum atomic E-state index is 13.7. The van der Waals surface area contributed by atoms with E-state index < -0.39 is 6.04 Å². The van der Waals surface area contributed by atoms with Gasteiger partial charge in [0.05, 0.1) is 7.11 Å². The predicted molar refractivity (Wildman–Crippen MR) is 140 cm³/mol. The summed E-state index contributed by atoms with van der Waals surface area (Å²) in [6.07, 6.45) is 4.60. The van der Waals surface area contributed by atoms with Gasteiger partial charge in [-0.2, -0.15) is 0 Å². The highest BCUT2D eigenvalue weighted by molar-refractivity contribution is 5.88. The molecule has 1 aliphatic rings. The Balaban J connectivity index is 1.62. The third kappa shape index (κ3) is 7.11. The minimum absolute atomic E-state index is 0.123. The minimum Gasteiger partial charge on any atom is -0.497 e. The molecule has 4 rings (SSSR count). The number of nitrogens with zero attached hydrogens (tertiary/aromatic N) is 1. The highest BCUT2D eigenvalue weighted by Gasteiger charge is 2.32. The van der Waals surface area contributed by atoms with E-state index in [1.807, 2.05) is 84.9 Å². The van der Waals surface area contributed by atoms with Crippen molar-refractivity contribution in [1.29, 1.82) is 0 Å². The second-order valence-corrected chi connectivity index (χ2v) is 9.17. The van der Waals surface area contributed by atoms with Crippen LogP contribution in [0.5, 0.6) is 11.5 Å². The van der Waals surface area contributed by atoms with Crippen LogP contribution in [0.3, 0.4) is 0 Å². The van der Waals surface area contributed by atoms with Crippen LogP contribution in [-0.4, -0.2) is 42.5 Å². The molecule has 1 unspecified atom stereocenters. The molecule has 1 aliphatic carbocycles. The molecule has 0 radical (unpaired) electrons. The summed E-state index contributed by atoms with van der Waals surface area (Å²) in [5.74, 6) is 0.948. The van der Waals surface area contributed by atoms with E-state index in [1.54, 1.807) is 12.0 Å². The molecule has 188 valence electrons. The van der Waals surface area contributed by atoms with Crippen LogP contribution < -0.4 is 14.8 Å². The van der Waals surface area contributed by atoms with Crippen molar-refractivity contribution in [1.82, 2.24) is 10.2 Å². The lowest BCUT2D eigenvalue weighted by Crippen LogP contribution is -2.53. The van der Waals surface area contributed by atoms with E-state index >= 15 is 0 Å². The Kier molecular flexibility index (Phi) is 8.98. The number of ether oxygens (including phenoxy) is 2. The lowest BCUT2D eigenvalue weighted by molar-refractivity contribution is -0.143. The van der Waals surface area contributed by atoms with Crippen molar-refractivity contribution in [2.24, 2.45) is 0 Å². The highest BCUT2D eigenvalue weighted by Crippen LogP contribution is 2.21. The monoisotopic (exact) mass is 486 g/mol. The van der Waals surface area contributed by atoms with Gasteiger partial charge in [0.1, 0.15) is 17.5 Å². The molecule has 1 N–H and O–H groups in total. The summed E-state index contributed by atoms with van der Waals surface area (Å²) in [6.45, 7) is 0.111. The second-order valence-electron chi connectivity index (χ2n) is 9.17. The predicted octanol–water partition coefficient (Wildman–Crippen LogP) is 4.77. The third-order valence-corrected chi connectivity index (χ3v) is 6.57. The van der Waals surface area contributed by atoms with E-state index in [1.165, 1.54) is 0 Å². The van der Waals surface area contributed by atoms with Gasteiger partial charge in [0.25, 0.3) is 5.91 Å². The van der Waals surface area contributed by atoms with Crippen molar-refractivity contribution >= 4 is 11.8 Å². The normalized spacial score (nSPS) is 14.1. The lowest BCUT2D eigenvalue weighted by Gasteiger charge is -2.32. The van der Waals surface area contributed by atoms with Crippen molar-refractivity contribution in [2.75, 3.05) is 13.7 Å². The van der Waals surface area contributed by atoms with Crippen molar-refractivity contribution in [3.63, 3.8) is 0 Å². The van der Waals surface area contributed by atoms with Crippen LogP contribution in [-0.2, 0) is 22.6 Å². The van der Waals surface area contributed by atoms with E-state index in [2.05, 4.69) is 5.32 Å². The number of nitrogens with one attached hydrogen (secondary N) is 1. The highest BCUT2D eigenvalue weighted by atomic mass is 16.5. The number of hydrogen-bond donors (Lipinski definition) is 1. The Labute approximate surface area is 213 Å². The zero-order valence-electron chi connectivity index (χ0n) is 20.8. The Hall–Kier alpha value is -3.80. The fraction of sp³-hybridized carbons (Fsp3) is 0.333. The van der Waals surface area contributed by atoms with Gasteiger partial charge in [-0.05, 0) is 48.2 Å². The number of amides is 2. The van der Waals surface area contributed by atoms with Gasteiger partial charge >= 0.3 is 0 Å². The van der Waals surface area contributed by atoms with E-state index in [9.17, 15) is 9.59 Å². The number of para-hydroxylation sites is 1. The molecule has 6 nitrogen and oxygen atoms in total. The first-order valence-electron chi connectivity index (χ1n) is 12.6. The summed E-state index contributed by atoms with van der Waals surface area (Å²) in [4.78, 5) is 29.0. The molecule has 0 bridgehead atoms. The fourth-order valence-corrected chi connectivity index (χ4v) is 4.63. The zero-order chi connectivity index (χ0) is 25.2. The average molecular weight is 487 g/mol. The van der Waals surface area contributed by atoms with Crippen LogP contribution in [0.2, 0.25) is 0 Å². The standard InChI is InChI=1S/C30H34N2O4/c1-35-27-18-10-13-24(19-27)21-32(29(33)22-36-26-16-6-3-7-17-26)28(20-23-11-4-2-5-12-23)30(34)31-25-14-8-9-15-25/h2-7,10-13,16-19,25,28H,8-9,14-15,20-22H2,1H3,(H,31,34). The Bertz CT molecular complexity index is 1110. The van der Waals surface area contributed by atoms with Gasteiger partial charge in [0.2, 0.25) is 5.91 Å². The molecular weight excluding hydrogens is 452 g/mol. The molecular formula is C30H34N2O4. The number of hydrogen-bond acceptors (Lipinski definition) is 4. The van der Waals surface area contributed by atoms with Crippen molar-refractivity contribution < 1.29 is 19.1 Å². The van der Waals surface area contributed by atoms with Crippen LogP contribution in [0.1, 0.15) is 36.8 Å². The summed E-state index contributed by atoms with van der Waals surface area (Å²) < 4.78 is 11.2. The third-order valence-electron chi connectivity index (χ3n) is 6.57. The number of carbonyl (C=O) groups excluding carboxylic acids is 2. The first kappa shape index (κ1) is 25.3. The van der Waals surface area contributed by atoms with Crippen LogP contribution in [0, 0.1) is 0 Å². The second kappa shape index (κ2) is 12.8. The van der Waals surface area contributed by atoms with Crippen LogP contribution in [0.25, 0.3) is 0 Å². The average Bonchev–Trinajstić information content (AvgIpc) is 3.43. The van der Waals surface area contributed by atoms with Crippen LogP contribution in [0.15, 0.2) is 84.9 Å². The SMILES string of the molecule is COc1cccc(CN(C(=O)COc2ccccc2)C(Cc2ccccc2)C(=O)NC2CCCC2)c1. The van der Waals surface area contributed by atoms with E-state index in [0.29, 0.717) is 17.9 Å². The molecule has 0 heterocycles. The van der Waals surface area contributed by atoms with E-state index in [4.69, 9.17) is 9.47 Å². The number of carbonyl (C=O) groups is 2. The molecule has 0 saturated heterocycles.